The molecular weight excluding hydrogens is 467 g/mol. The molecule has 0 atom stereocenters. The molecule has 1 saturated heterocycles. The Kier molecular flexibility index (Phi) is 6.95. The molecule has 0 radical (unpaired) electrons. The van der Waals surface area contributed by atoms with Crippen molar-refractivity contribution in [3.05, 3.63) is 48.2 Å². The SMILES string of the molecule is COCCNc1nccc(-c2[nH]c(C3OCC(C)(C(=O)NC4CC4)CO3)nc2-c2ccc(F)cc2)n1. The van der Waals surface area contributed by atoms with Gasteiger partial charge in [0.25, 0.3) is 0 Å². The monoisotopic (exact) mass is 496 g/mol. The number of ether oxygens (including phenoxy) is 3. The van der Waals surface area contributed by atoms with Crippen LogP contribution in [-0.4, -0.2) is 65.4 Å². The molecular formula is C25H29FN6O4. The van der Waals surface area contributed by atoms with Crippen LogP contribution in [0.25, 0.3) is 22.6 Å². The predicted molar refractivity (Wildman–Crippen MR) is 129 cm³/mol. The number of nitrogens with one attached hydrogen (secondary N) is 3. The van der Waals surface area contributed by atoms with Crippen LogP contribution in [-0.2, 0) is 19.0 Å². The van der Waals surface area contributed by atoms with Crippen molar-refractivity contribution < 1.29 is 23.4 Å². The van der Waals surface area contributed by atoms with Crippen LogP contribution in [0.1, 0.15) is 31.9 Å². The average Bonchev–Trinajstić information content (AvgIpc) is 3.59. The molecule has 2 fully saturated rings. The van der Waals surface area contributed by atoms with E-state index in [2.05, 4.69) is 25.6 Å². The molecule has 10 nitrogen and oxygen atoms in total. The van der Waals surface area contributed by atoms with Gasteiger partial charge in [-0.25, -0.2) is 19.3 Å². The zero-order valence-corrected chi connectivity index (χ0v) is 20.2. The molecule has 0 bridgehead atoms. The molecule has 5 rings (SSSR count). The van der Waals surface area contributed by atoms with E-state index in [9.17, 15) is 9.18 Å². The van der Waals surface area contributed by atoms with Gasteiger partial charge in [-0.05, 0) is 50.1 Å². The van der Waals surface area contributed by atoms with Crippen LogP contribution >= 0.6 is 0 Å². The molecule has 0 unspecified atom stereocenters. The molecule has 1 amide bonds. The van der Waals surface area contributed by atoms with Crippen molar-refractivity contribution in [2.24, 2.45) is 5.41 Å². The van der Waals surface area contributed by atoms with Crippen molar-refractivity contribution in [3.8, 4) is 22.6 Å². The summed E-state index contributed by atoms with van der Waals surface area (Å²) < 4.78 is 30.6. The van der Waals surface area contributed by atoms with Crippen molar-refractivity contribution in [2.75, 3.05) is 38.8 Å². The minimum Gasteiger partial charge on any atom is -0.383 e. The number of halogens is 1. The molecule has 1 aromatic carbocycles. The number of imidazole rings is 1. The van der Waals surface area contributed by atoms with Gasteiger partial charge in [-0.1, -0.05) is 0 Å². The minimum absolute atomic E-state index is 0.0647. The Bertz CT molecular complexity index is 1210. The largest absolute Gasteiger partial charge is 0.383 e. The van der Waals surface area contributed by atoms with Crippen LogP contribution in [0.5, 0.6) is 0 Å². The van der Waals surface area contributed by atoms with Gasteiger partial charge in [0, 0.05) is 31.5 Å². The van der Waals surface area contributed by atoms with Gasteiger partial charge < -0.3 is 29.8 Å². The molecule has 2 aliphatic rings. The number of H-pyrrole nitrogens is 1. The maximum Gasteiger partial charge on any atom is 0.230 e. The third kappa shape index (κ3) is 5.38. The van der Waals surface area contributed by atoms with E-state index in [0.717, 1.165) is 12.8 Å². The van der Waals surface area contributed by atoms with Gasteiger partial charge in [-0.2, -0.15) is 0 Å². The fourth-order valence-electron chi connectivity index (χ4n) is 3.84. The predicted octanol–water partition coefficient (Wildman–Crippen LogP) is 3.06. The molecule has 1 saturated carbocycles. The summed E-state index contributed by atoms with van der Waals surface area (Å²) in [6, 6.07) is 8.08. The number of anilines is 1. The van der Waals surface area contributed by atoms with Crippen molar-refractivity contribution in [1.29, 1.82) is 0 Å². The Labute approximate surface area is 208 Å². The van der Waals surface area contributed by atoms with E-state index in [1.165, 1.54) is 12.1 Å². The minimum atomic E-state index is -0.791. The Morgan fingerprint density at radius 1 is 1.19 bits per heavy atom. The fourth-order valence-corrected chi connectivity index (χ4v) is 3.84. The van der Waals surface area contributed by atoms with Crippen LogP contribution in [0, 0.1) is 11.2 Å². The van der Waals surface area contributed by atoms with E-state index in [0.29, 0.717) is 47.6 Å². The normalized spacial score (nSPS) is 21.8. The highest BCUT2D eigenvalue weighted by Gasteiger charge is 2.42. The number of hydrogen-bond acceptors (Lipinski definition) is 8. The van der Waals surface area contributed by atoms with Crippen molar-refractivity contribution >= 4 is 11.9 Å². The van der Waals surface area contributed by atoms with Crippen molar-refractivity contribution in [1.82, 2.24) is 25.3 Å². The first-order chi connectivity index (χ1) is 17.4. The first-order valence-electron chi connectivity index (χ1n) is 11.9. The summed E-state index contributed by atoms with van der Waals surface area (Å²) in [7, 11) is 1.62. The Hall–Kier alpha value is -3.41. The number of nitrogens with zero attached hydrogens (tertiary/aromatic N) is 3. The summed E-state index contributed by atoms with van der Waals surface area (Å²) in [5.41, 5.74) is 1.70. The third-order valence-electron chi connectivity index (χ3n) is 6.13. The standard InChI is InChI=1S/C25H29FN6O4/c1-25(23(33)29-17-7-8-17)13-35-22(36-14-25)21-31-19(15-3-5-16(26)6-4-15)20(32-21)18-9-10-27-24(30-18)28-11-12-34-2/h3-6,9-10,17,22H,7-8,11-14H2,1-2H3,(H,29,33)(H,31,32)(H,27,28,30). The van der Waals surface area contributed by atoms with Gasteiger partial charge in [0.15, 0.2) is 5.82 Å². The lowest BCUT2D eigenvalue weighted by Gasteiger charge is -2.35. The Morgan fingerprint density at radius 3 is 2.64 bits per heavy atom. The number of aromatic amines is 1. The van der Waals surface area contributed by atoms with Crippen LogP contribution in [0.3, 0.4) is 0 Å². The maximum absolute atomic E-state index is 13.6. The molecule has 0 spiro atoms. The lowest BCUT2D eigenvalue weighted by atomic mass is 9.91. The zero-order valence-electron chi connectivity index (χ0n) is 20.2. The molecule has 3 N–H and O–H groups in total. The van der Waals surface area contributed by atoms with E-state index < -0.39 is 11.7 Å². The van der Waals surface area contributed by atoms with E-state index >= 15 is 0 Å². The second-order valence-electron chi connectivity index (χ2n) is 9.30. The summed E-state index contributed by atoms with van der Waals surface area (Å²) in [6.07, 6.45) is 2.88. The highest BCUT2D eigenvalue weighted by atomic mass is 19.1. The smallest absolute Gasteiger partial charge is 0.230 e. The number of amides is 1. The molecule has 2 aromatic heterocycles. The highest BCUT2D eigenvalue weighted by Crippen LogP contribution is 2.36. The summed E-state index contributed by atoms with van der Waals surface area (Å²) in [5, 5.41) is 6.13. The van der Waals surface area contributed by atoms with Gasteiger partial charge in [-0.15, -0.1) is 0 Å². The topological polar surface area (TPSA) is 123 Å². The maximum atomic E-state index is 13.6. The highest BCUT2D eigenvalue weighted by molar-refractivity contribution is 5.83. The molecule has 3 aromatic rings. The quantitative estimate of drug-likeness (QED) is 0.386. The second-order valence-corrected chi connectivity index (χ2v) is 9.30. The first kappa shape index (κ1) is 24.3. The summed E-state index contributed by atoms with van der Waals surface area (Å²) in [6.45, 7) is 3.28. The molecule has 36 heavy (non-hydrogen) atoms. The second kappa shape index (κ2) is 10.3. The Morgan fingerprint density at radius 2 is 1.94 bits per heavy atom. The van der Waals surface area contributed by atoms with E-state index in [1.807, 2.05) is 6.92 Å². The number of carbonyl (C=O) groups is 1. The van der Waals surface area contributed by atoms with E-state index in [1.54, 1.807) is 31.5 Å². The van der Waals surface area contributed by atoms with E-state index in [-0.39, 0.29) is 31.0 Å². The third-order valence-corrected chi connectivity index (χ3v) is 6.13. The fraction of sp³-hybridized carbons (Fsp3) is 0.440. The van der Waals surface area contributed by atoms with Gasteiger partial charge in [0.2, 0.25) is 18.1 Å². The summed E-state index contributed by atoms with van der Waals surface area (Å²) in [5.74, 6) is 0.463. The number of methoxy groups -OCH3 is 1. The van der Waals surface area contributed by atoms with Crippen LogP contribution < -0.4 is 10.6 Å². The van der Waals surface area contributed by atoms with E-state index in [4.69, 9.17) is 19.2 Å². The summed E-state index contributed by atoms with van der Waals surface area (Å²) in [4.78, 5) is 29.5. The molecule has 11 heteroatoms. The zero-order chi connectivity index (χ0) is 25.1. The van der Waals surface area contributed by atoms with Gasteiger partial charge >= 0.3 is 0 Å². The van der Waals surface area contributed by atoms with Crippen LogP contribution in [0.15, 0.2) is 36.5 Å². The molecule has 1 aliphatic heterocycles. The lowest BCUT2D eigenvalue weighted by molar-refractivity contribution is -0.231. The van der Waals surface area contributed by atoms with Gasteiger partial charge in [-0.3, -0.25) is 4.79 Å². The molecule has 1 aliphatic carbocycles. The Balaban J connectivity index is 1.41. The number of hydrogen-bond donors (Lipinski definition) is 3. The average molecular weight is 497 g/mol. The van der Waals surface area contributed by atoms with Crippen LogP contribution in [0.4, 0.5) is 10.3 Å². The van der Waals surface area contributed by atoms with Crippen molar-refractivity contribution in [2.45, 2.75) is 32.1 Å². The first-order valence-corrected chi connectivity index (χ1v) is 11.9. The van der Waals surface area contributed by atoms with Gasteiger partial charge in [0.05, 0.1) is 42.3 Å². The molecule has 190 valence electrons. The summed E-state index contributed by atoms with van der Waals surface area (Å²) >= 11 is 0. The molecule has 3 heterocycles. The number of benzene rings is 1. The van der Waals surface area contributed by atoms with Crippen LogP contribution in [0.2, 0.25) is 0 Å². The van der Waals surface area contributed by atoms with Crippen molar-refractivity contribution in [3.63, 3.8) is 0 Å². The van der Waals surface area contributed by atoms with Gasteiger partial charge in [0.1, 0.15) is 5.82 Å². The number of carbonyl (C=O) groups excluding carboxylic acids is 1. The number of aromatic nitrogens is 4. The lowest BCUT2D eigenvalue weighted by Crippen LogP contribution is -2.49. The number of rotatable bonds is 9.